The van der Waals surface area contributed by atoms with Gasteiger partial charge in [-0.1, -0.05) is 182 Å². The van der Waals surface area contributed by atoms with Crippen LogP contribution in [0, 0.1) is 0 Å². The SMILES string of the molecule is CC(=O)O[C@@H]1[C@H](OC(c2ccccc2)(c2ccccc2)c2ccccc2)[C@@H](O)O[C@H](COC(c2ccccc2)(c2ccccc2)c2ccccc2)[C@H]1OC(C)=O. The summed E-state index contributed by atoms with van der Waals surface area (Å²) in [6, 6.07) is 58.2. The minimum Gasteiger partial charge on any atom is -0.456 e. The molecular formula is C48H44O8. The van der Waals surface area contributed by atoms with Gasteiger partial charge in [0.1, 0.15) is 17.3 Å². The lowest BCUT2D eigenvalue weighted by Crippen LogP contribution is -2.63. The van der Waals surface area contributed by atoms with Crippen LogP contribution >= 0.6 is 0 Å². The molecule has 1 heterocycles. The molecule has 6 aromatic rings. The summed E-state index contributed by atoms with van der Waals surface area (Å²) in [5.74, 6) is -1.30. The summed E-state index contributed by atoms with van der Waals surface area (Å²) in [6.07, 6.45) is -6.74. The van der Waals surface area contributed by atoms with Crippen LogP contribution < -0.4 is 0 Å². The van der Waals surface area contributed by atoms with Gasteiger partial charge in [-0.15, -0.1) is 0 Å². The van der Waals surface area contributed by atoms with Crippen molar-refractivity contribution < 1.29 is 38.4 Å². The fourth-order valence-electron chi connectivity index (χ4n) is 7.72. The van der Waals surface area contributed by atoms with Crippen molar-refractivity contribution in [1.82, 2.24) is 0 Å². The summed E-state index contributed by atoms with van der Waals surface area (Å²) in [4.78, 5) is 25.9. The Kier molecular flexibility index (Phi) is 11.8. The standard InChI is InChI=1S/C48H44O8/c1-34(49)53-43-42(33-52-47(36-21-9-3-10-22-36,37-23-11-4-12-24-37)38-25-13-5-14-26-38)55-46(51)45(44(43)54-35(2)50)56-48(39-27-15-6-16-28-39,40-29-17-7-18-30-40)41-31-19-8-20-32-41/h3-32,42-46,51H,33H2,1-2H3/t42-,43-,44+,45+,46+/m1/s1. The molecule has 0 radical (unpaired) electrons. The van der Waals surface area contributed by atoms with Crippen LogP contribution in [-0.2, 0) is 44.5 Å². The van der Waals surface area contributed by atoms with Crippen molar-refractivity contribution in [3.63, 3.8) is 0 Å². The van der Waals surface area contributed by atoms with Crippen LogP contribution in [0.4, 0.5) is 0 Å². The molecule has 0 spiro atoms. The lowest BCUT2D eigenvalue weighted by molar-refractivity contribution is -0.316. The van der Waals surface area contributed by atoms with E-state index in [1.54, 1.807) is 0 Å². The van der Waals surface area contributed by atoms with E-state index in [1.807, 2.05) is 182 Å². The lowest BCUT2D eigenvalue weighted by atomic mass is 9.79. The fourth-order valence-corrected chi connectivity index (χ4v) is 7.72. The van der Waals surface area contributed by atoms with E-state index in [0.717, 1.165) is 33.4 Å². The Morgan fingerprint density at radius 2 is 0.786 bits per heavy atom. The maximum absolute atomic E-state index is 13.0. The van der Waals surface area contributed by atoms with Gasteiger partial charge in [0, 0.05) is 13.8 Å². The van der Waals surface area contributed by atoms with Crippen molar-refractivity contribution >= 4 is 11.9 Å². The number of carbonyl (C=O) groups is 2. The molecule has 8 nitrogen and oxygen atoms in total. The number of aliphatic hydroxyl groups is 1. The minimum absolute atomic E-state index is 0.195. The van der Waals surface area contributed by atoms with Gasteiger partial charge in [0.15, 0.2) is 24.6 Å². The zero-order chi connectivity index (χ0) is 39.0. The summed E-state index contributed by atoms with van der Waals surface area (Å²) in [5.41, 5.74) is 2.27. The van der Waals surface area contributed by atoms with Gasteiger partial charge in [0.25, 0.3) is 0 Å². The molecular weight excluding hydrogens is 705 g/mol. The molecule has 5 atom stereocenters. The van der Waals surface area contributed by atoms with Crippen molar-refractivity contribution in [3.05, 3.63) is 215 Å². The number of carbonyl (C=O) groups excluding carboxylic acids is 2. The van der Waals surface area contributed by atoms with Crippen LogP contribution in [-0.4, -0.2) is 54.4 Å². The molecule has 0 amide bonds. The van der Waals surface area contributed by atoms with E-state index < -0.39 is 53.8 Å². The fraction of sp³-hybridized carbons (Fsp3) is 0.208. The highest BCUT2D eigenvalue weighted by Gasteiger charge is 2.55. The maximum Gasteiger partial charge on any atom is 0.303 e. The molecule has 1 saturated heterocycles. The molecule has 1 fully saturated rings. The second-order valence-corrected chi connectivity index (χ2v) is 13.7. The highest BCUT2D eigenvalue weighted by atomic mass is 16.7. The molecule has 0 aliphatic carbocycles. The van der Waals surface area contributed by atoms with Gasteiger partial charge in [-0.05, 0) is 33.4 Å². The topological polar surface area (TPSA) is 101 Å². The average molecular weight is 749 g/mol. The van der Waals surface area contributed by atoms with Crippen LogP contribution in [0.25, 0.3) is 0 Å². The second kappa shape index (κ2) is 17.3. The van der Waals surface area contributed by atoms with E-state index in [1.165, 1.54) is 13.8 Å². The first-order chi connectivity index (χ1) is 27.3. The predicted octanol–water partition coefficient (Wildman–Crippen LogP) is 7.95. The normalized spacial score (nSPS) is 19.8. The highest BCUT2D eigenvalue weighted by molar-refractivity contribution is 5.67. The lowest BCUT2D eigenvalue weighted by Gasteiger charge is -2.48. The van der Waals surface area contributed by atoms with E-state index >= 15 is 0 Å². The van der Waals surface area contributed by atoms with Crippen LogP contribution in [0.5, 0.6) is 0 Å². The number of benzene rings is 6. The van der Waals surface area contributed by atoms with Gasteiger partial charge in [0.2, 0.25) is 0 Å². The third-order valence-electron chi connectivity index (χ3n) is 10.1. The number of rotatable bonds is 13. The number of hydrogen-bond acceptors (Lipinski definition) is 8. The molecule has 8 heteroatoms. The second-order valence-electron chi connectivity index (χ2n) is 13.7. The maximum atomic E-state index is 13.0. The Bertz CT molecular complexity index is 1960. The molecule has 0 unspecified atom stereocenters. The summed E-state index contributed by atoms with van der Waals surface area (Å²) < 4.78 is 32.7. The average Bonchev–Trinajstić information content (AvgIpc) is 3.24. The first kappa shape index (κ1) is 38.4. The summed E-state index contributed by atoms with van der Waals surface area (Å²) >= 11 is 0. The summed E-state index contributed by atoms with van der Waals surface area (Å²) in [5, 5.41) is 12.1. The Morgan fingerprint density at radius 1 is 0.482 bits per heavy atom. The molecule has 56 heavy (non-hydrogen) atoms. The number of aliphatic hydroxyl groups excluding tert-OH is 1. The molecule has 0 aromatic heterocycles. The number of esters is 2. The van der Waals surface area contributed by atoms with Gasteiger partial charge in [-0.3, -0.25) is 9.59 Å². The highest BCUT2D eigenvalue weighted by Crippen LogP contribution is 2.45. The van der Waals surface area contributed by atoms with Crippen molar-refractivity contribution in [1.29, 1.82) is 0 Å². The minimum atomic E-state index is -1.67. The van der Waals surface area contributed by atoms with E-state index in [4.69, 9.17) is 23.7 Å². The Labute approximate surface area is 327 Å². The van der Waals surface area contributed by atoms with E-state index in [0.29, 0.717) is 0 Å². The Morgan fingerprint density at radius 3 is 1.11 bits per heavy atom. The quantitative estimate of drug-likeness (QED) is 0.0939. The molecule has 284 valence electrons. The van der Waals surface area contributed by atoms with Gasteiger partial charge >= 0.3 is 11.9 Å². The Hall–Kier alpha value is -5.90. The summed E-state index contributed by atoms with van der Waals surface area (Å²) in [7, 11) is 0. The third kappa shape index (κ3) is 7.78. The summed E-state index contributed by atoms with van der Waals surface area (Å²) in [6.45, 7) is 2.34. The van der Waals surface area contributed by atoms with Gasteiger partial charge in [0.05, 0.1) is 6.61 Å². The zero-order valence-electron chi connectivity index (χ0n) is 31.2. The molecule has 6 aromatic carbocycles. The largest absolute Gasteiger partial charge is 0.456 e. The smallest absolute Gasteiger partial charge is 0.303 e. The molecule has 1 aliphatic rings. The van der Waals surface area contributed by atoms with Crippen LogP contribution in [0.15, 0.2) is 182 Å². The molecule has 7 rings (SSSR count). The van der Waals surface area contributed by atoms with Crippen molar-refractivity contribution in [2.24, 2.45) is 0 Å². The number of ether oxygens (including phenoxy) is 5. The van der Waals surface area contributed by atoms with Crippen LogP contribution in [0.2, 0.25) is 0 Å². The molecule has 1 N–H and O–H groups in total. The first-order valence-corrected chi connectivity index (χ1v) is 18.7. The number of hydrogen-bond donors (Lipinski definition) is 1. The van der Waals surface area contributed by atoms with Gasteiger partial charge < -0.3 is 28.8 Å². The van der Waals surface area contributed by atoms with E-state index in [2.05, 4.69) is 0 Å². The Balaban J connectivity index is 1.33. The van der Waals surface area contributed by atoms with Crippen molar-refractivity contribution in [3.8, 4) is 0 Å². The third-order valence-corrected chi connectivity index (χ3v) is 10.1. The van der Waals surface area contributed by atoms with Crippen molar-refractivity contribution in [2.45, 2.75) is 55.8 Å². The predicted molar refractivity (Wildman–Crippen MR) is 211 cm³/mol. The zero-order valence-corrected chi connectivity index (χ0v) is 31.2. The van der Waals surface area contributed by atoms with E-state index in [9.17, 15) is 14.7 Å². The molecule has 1 aliphatic heterocycles. The first-order valence-electron chi connectivity index (χ1n) is 18.7. The van der Waals surface area contributed by atoms with Crippen LogP contribution in [0.3, 0.4) is 0 Å². The monoisotopic (exact) mass is 748 g/mol. The molecule has 0 saturated carbocycles. The molecule has 0 bridgehead atoms. The van der Waals surface area contributed by atoms with E-state index in [-0.39, 0.29) is 6.61 Å². The van der Waals surface area contributed by atoms with Gasteiger partial charge in [-0.2, -0.15) is 0 Å². The van der Waals surface area contributed by atoms with Crippen molar-refractivity contribution in [2.75, 3.05) is 6.61 Å². The van der Waals surface area contributed by atoms with Crippen LogP contribution in [0.1, 0.15) is 47.2 Å². The van der Waals surface area contributed by atoms with Gasteiger partial charge in [-0.25, -0.2) is 0 Å².